The van der Waals surface area contributed by atoms with E-state index < -0.39 is 0 Å². The van der Waals surface area contributed by atoms with E-state index >= 15 is 0 Å². The standard InChI is InChI=1S/C13H14.2C12H12.C8H10/c1-9-8-12-6-4-5-7-13(12)11(3)10(9)2;1-9-5-3-7-11-8-4-6-10(2)12(9)11;1-9-7-8-11-5-3-4-6-12(11)10(9)2;1-7-5-3-4-6-8(7)2/h4-8H,1-3H3;2*3-8H,1-2H3;3-6H,1-2H3. The first-order chi connectivity index (χ1) is 21.6. The summed E-state index contributed by atoms with van der Waals surface area (Å²) in [6, 6.07) is 44.9. The van der Waals surface area contributed by atoms with Crippen LogP contribution in [0.5, 0.6) is 0 Å². The highest BCUT2D eigenvalue weighted by molar-refractivity contribution is 5.89. The summed E-state index contributed by atoms with van der Waals surface area (Å²) in [7, 11) is 0. The molecule has 0 fully saturated rings. The molecule has 0 saturated carbocycles. The van der Waals surface area contributed by atoms with Crippen LogP contribution in [0.3, 0.4) is 0 Å². The number of benzene rings is 7. The van der Waals surface area contributed by atoms with Crippen molar-refractivity contribution < 1.29 is 0 Å². The molecular formula is C45H48. The van der Waals surface area contributed by atoms with Crippen LogP contribution in [0.1, 0.15) is 50.1 Å². The average molecular weight is 589 g/mol. The molecule has 45 heavy (non-hydrogen) atoms. The maximum atomic E-state index is 2.26. The van der Waals surface area contributed by atoms with Crippen molar-refractivity contribution in [3.8, 4) is 0 Å². The highest BCUT2D eigenvalue weighted by Gasteiger charge is 2.02. The van der Waals surface area contributed by atoms with Gasteiger partial charge in [-0.05, 0) is 145 Å². The van der Waals surface area contributed by atoms with E-state index in [1.54, 1.807) is 0 Å². The Morgan fingerprint density at radius 3 is 1.24 bits per heavy atom. The summed E-state index contributed by atoms with van der Waals surface area (Å²) < 4.78 is 0. The van der Waals surface area contributed by atoms with E-state index in [0.29, 0.717) is 0 Å². The lowest BCUT2D eigenvalue weighted by Crippen LogP contribution is -1.87. The van der Waals surface area contributed by atoms with Crippen LogP contribution >= 0.6 is 0 Å². The van der Waals surface area contributed by atoms with Gasteiger partial charge < -0.3 is 0 Å². The largest absolute Gasteiger partial charge is 0.0620 e. The molecule has 228 valence electrons. The topological polar surface area (TPSA) is 0 Å². The predicted octanol–water partition coefficient (Wildman–Crippen LogP) is 13.0. The molecule has 0 aliphatic heterocycles. The van der Waals surface area contributed by atoms with Crippen molar-refractivity contribution in [1.82, 2.24) is 0 Å². The second-order valence-corrected chi connectivity index (χ2v) is 12.2. The van der Waals surface area contributed by atoms with E-state index in [0.717, 1.165) is 0 Å². The Morgan fingerprint density at radius 1 is 0.267 bits per heavy atom. The van der Waals surface area contributed by atoms with Crippen LogP contribution in [0.2, 0.25) is 0 Å². The smallest absolute Gasteiger partial charge is 0.0125 e. The second kappa shape index (κ2) is 15.4. The highest BCUT2D eigenvalue weighted by Crippen LogP contribution is 2.24. The molecule has 0 aliphatic rings. The number of hydrogen-bond donors (Lipinski definition) is 0. The molecule has 7 aromatic carbocycles. The van der Waals surface area contributed by atoms with Gasteiger partial charge in [-0.15, -0.1) is 0 Å². The molecule has 0 atom stereocenters. The van der Waals surface area contributed by atoms with Gasteiger partial charge in [0.05, 0.1) is 0 Å². The molecule has 0 amide bonds. The Hall–Kier alpha value is -4.68. The number of rotatable bonds is 0. The van der Waals surface area contributed by atoms with Crippen molar-refractivity contribution in [2.24, 2.45) is 0 Å². The van der Waals surface area contributed by atoms with Gasteiger partial charge >= 0.3 is 0 Å². The summed E-state index contributed by atoms with van der Waals surface area (Å²) in [6.07, 6.45) is 0. The maximum absolute atomic E-state index is 2.26. The summed E-state index contributed by atoms with van der Waals surface area (Å²) in [5.41, 5.74) is 12.4. The minimum Gasteiger partial charge on any atom is -0.0620 e. The first-order valence-electron chi connectivity index (χ1n) is 16.0. The minimum absolute atomic E-state index is 1.33. The van der Waals surface area contributed by atoms with Gasteiger partial charge in [-0.2, -0.15) is 0 Å². The summed E-state index contributed by atoms with van der Waals surface area (Å²) in [4.78, 5) is 0. The van der Waals surface area contributed by atoms with Crippen molar-refractivity contribution in [1.29, 1.82) is 0 Å². The lowest BCUT2D eigenvalue weighted by molar-refractivity contribution is 1.30. The molecule has 0 bridgehead atoms. The van der Waals surface area contributed by atoms with Crippen LogP contribution in [0.4, 0.5) is 0 Å². The van der Waals surface area contributed by atoms with E-state index in [2.05, 4.69) is 190 Å². The number of fused-ring (bicyclic) bond motifs is 3. The van der Waals surface area contributed by atoms with Crippen LogP contribution in [0.25, 0.3) is 32.3 Å². The molecular weight excluding hydrogens is 540 g/mol. The quantitative estimate of drug-likeness (QED) is 0.165. The van der Waals surface area contributed by atoms with Gasteiger partial charge in [-0.1, -0.05) is 127 Å². The molecule has 7 aromatic rings. The van der Waals surface area contributed by atoms with Gasteiger partial charge in [0.25, 0.3) is 0 Å². The van der Waals surface area contributed by atoms with E-state index in [1.165, 1.54) is 82.4 Å². The molecule has 0 saturated heterocycles. The van der Waals surface area contributed by atoms with Crippen LogP contribution in [-0.2, 0) is 0 Å². The lowest BCUT2D eigenvalue weighted by atomic mass is 9.97. The Morgan fingerprint density at radius 2 is 0.711 bits per heavy atom. The van der Waals surface area contributed by atoms with Crippen molar-refractivity contribution >= 4 is 32.3 Å². The Balaban J connectivity index is 0.000000138. The van der Waals surface area contributed by atoms with Gasteiger partial charge in [0.15, 0.2) is 0 Å². The zero-order chi connectivity index (χ0) is 32.5. The third-order valence-electron chi connectivity index (χ3n) is 9.11. The van der Waals surface area contributed by atoms with Crippen LogP contribution in [0.15, 0.2) is 127 Å². The lowest BCUT2D eigenvalue weighted by Gasteiger charge is -2.08. The maximum Gasteiger partial charge on any atom is -0.0125 e. The van der Waals surface area contributed by atoms with Crippen molar-refractivity contribution in [3.63, 3.8) is 0 Å². The van der Waals surface area contributed by atoms with Gasteiger partial charge in [0.1, 0.15) is 0 Å². The van der Waals surface area contributed by atoms with E-state index in [-0.39, 0.29) is 0 Å². The molecule has 0 aromatic heterocycles. The average Bonchev–Trinajstić information content (AvgIpc) is 3.04. The summed E-state index contributed by atoms with van der Waals surface area (Å²) in [6.45, 7) is 19.5. The first-order valence-corrected chi connectivity index (χ1v) is 16.0. The highest BCUT2D eigenvalue weighted by atomic mass is 14.1. The molecule has 0 nitrogen and oxygen atoms in total. The summed E-state index contributed by atoms with van der Waals surface area (Å²) in [5.74, 6) is 0. The zero-order valence-corrected chi connectivity index (χ0v) is 28.6. The molecule has 0 heterocycles. The summed E-state index contributed by atoms with van der Waals surface area (Å²) in [5, 5.41) is 8.18. The summed E-state index contributed by atoms with van der Waals surface area (Å²) >= 11 is 0. The molecule has 0 N–H and O–H groups in total. The molecule has 0 unspecified atom stereocenters. The Labute approximate surface area is 271 Å². The second-order valence-electron chi connectivity index (χ2n) is 12.2. The third-order valence-corrected chi connectivity index (χ3v) is 9.11. The SMILES string of the molecule is Cc1cc2ccccc2c(C)c1C.Cc1ccc2ccccc2c1C.Cc1cccc2cccc(C)c12.Cc1ccccc1C. The van der Waals surface area contributed by atoms with Gasteiger partial charge in [0, 0.05) is 0 Å². The van der Waals surface area contributed by atoms with Gasteiger partial charge in [-0.3, -0.25) is 0 Å². The predicted molar refractivity (Wildman–Crippen MR) is 201 cm³/mol. The fourth-order valence-corrected chi connectivity index (χ4v) is 5.75. The van der Waals surface area contributed by atoms with Crippen LogP contribution < -0.4 is 0 Å². The molecule has 7 rings (SSSR count). The number of hydrogen-bond acceptors (Lipinski definition) is 0. The first kappa shape index (κ1) is 33.2. The monoisotopic (exact) mass is 588 g/mol. The van der Waals surface area contributed by atoms with Crippen molar-refractivity contribution in [2.45, 2.75) is 62.3 Å². The fraction of sp³-hybridized carbons (Fsp3) is 0.200. The molecule has 0 heteroatoms. The fourth-order valence-electron chi connectivity index (χ4n) is 5.75. The van der Waals surface area contributed by atoms with Crippen LogP contribution in [-0.4, -0.2) is 0 Å². The normalized spacial score (nSPS) is 10.3. The Bertz CT molecular complexity index is 1980. The minimum atomic E-state index is 1.33. The molecule has 0 aliphatic carbocycles. The zero-order valence-electron chi connectivity index (χ0n) is 28.6. The number of aryl methyl sites for hydroxylation is 8. The van der Waals surface area contributed by atoms with E-state index in [9.17, 15) is 0 Å². The third kappa shape index (κ3) is 8.28. The van der Waals surface area contributed by atoms with Crippen molar-refractivity contribution in [3.05, 3.63) is 177 Å². The van der Waals surface area contributed by atoms with Crippen LogP contribution in [0, 0.1) is 62.3 Å². The van der Waals surface area contributed by atoms with E-state index in [1.807, 2.05) is 0 Å². The Kier molecular flexibility index (Phi) is 11.3. The molecule has 0 radical (unpaired) electrons. The van der Waals surface area contributed by atoms with Gasteiger partial charge in [-0.25, -0.2) is 0 Å². The van der Waals surface area contributed by atoms with E-state index in [4.69, 9.17) is 0 Å². The molecule has 0 spiro atoms. The van der Waals surface area contributed by atoms with Gasteiger partial charge in [0.2, 0.25) is 0 Å². The van der Waals surface area contributed by atoms with Crippen molar-refractivity contribution in [2.75, 3.05) is 0 Å².